The number of hydrogen-bond donors (Lipinski definition) is 1. The Labute approximate surface area is 101 Å². The molecule has 17 heavy (non-hydrogen) atoms. The van der Waals surface area contributed by atoms with Crippen LogP contribution in [0.4, 0.5) is 0 Å². The standard InChI is InChI=1S/C12H19N5/c1-3-11(13)6-10-7-14-17(8-10)9-12-4-5-16(2)15-12/h4-5,7-8,11H,3,6,9,13H2,1-2H3. The topological polar surface area (TPSA) is 61.7 Å². The van der Waals surface area contributed by atoms with Crippen molar-refractivity contribution in [3.05, 3.63) is 35.9 Å². The maximum atomic E-state index is 5.92. The number of nitrogens with zero attached hydrogens (tertiary/aromatic N) is 4. The molecule has 1 atom stereocenters. The number of aromatic nitrogens is 4. The van der Waals surface area contributed by atoms with Crippen molar-refractivity contribution in [2.45, 2.75) is 32.4 Å². The molecule has 2 aromatic heterocycles. The molecule has 0 spiro atoms. The van der Waals surface area contributed by atoms with Gasteiger partial charge >= 0.3 is 0 Å². The lowest BCUT2D eigenvalue weighted by atomic mass is 10.1. The molecule has 0 radical (unpaired) electrons. The van der Waals surface area contributed by atoms with Gasteiger partial charge in [0.2, 0.25) is 0 Å². The van der Waals surface area contributed by atoms with E-state index in [0.29, 0.717) is 6.54 Å². The van der Waals surface area contributed by atoms with Crippen LogP contribution in [0.3, 0.4) is 0 Å². The quantitative estimate of drug-likeness (QED) is 0.836. The average molecular weight is 233 g/mol. The molecule has 0 aromatic carbocycles. The summed E-state index contributed by atoms with van der Waals surface area (Å²) < 4.78 is 3.70. The predicted molar refractivity (Wildman–Crippen MR) is 66.5 cm³/mol. The third-order valence-corrected chi connectivity index (χ3v) is 2.80. The minimum Gasteiger partial charge on any atom is -0.327 e. The molecule has 5 heteroatoms. The molecule has 2 N–H and O–H groups in total. The first-order valence-corrected chi connectivity index (χ1v) is 5.93. The minimum absolute atomic E-state index is 0.225. The van der Waals surface area contributed by atoms with E-state index in [9.17, 15) is 0 Å². The first kappa shape index (κ1) is 11.9. The maximum Gasteiger partial charge on any atom is 0.0849 e. The van der Waals surface area contributed by atoms with Crippen LogP contribution in [0.15, 0.2) is 24.7 Å². The van der Waals surface area contributed by atoms with Gasteiger partial charge in [0.1, 0.15) is 0 Å². The van der Waals surface area contributed by atoms with E-state index in [0.717, 1.165) is 18.5 Å². The van der Waals surface area contributed by atoms with E-state index < -0.39 is 0 Å². The highest BCUT2D eigenvalue weighted by Gasteiger charge is 2.05. The Morgan fingerprint density at radius 3 is 2.94 bits per heavy atom. The summed E-state index contributed by atoms with van der Waals surface area (Å²) in [7, 11) is 1.91. The Bertz CT molecular complexity index is 471. The van der Waals surface area contributed by atoms with Crippen LogP contribution in [0.1, 0.15) is 24.6 Å². The van der Waals surface area contributed by atoms with Crippen LogP contribution in [-0.4, -0.2) is 25.6 Å². The van der Waals surface area contributed by atoms with Crippen LogP contribution in [0.2, 0.25) is 0 Å². The van der Waals surface area contributed by atoms with Crippen LogP contribution in [-0.2, 0) is 20.0 Å². The summed E-state index contributed by atoms with van der Waals surface area (Å²) in [6, 6.07) is 2.22. The molecule has 2 rings (SSSR count). The van der Waals surface area contributed by atoms with Gasteiger partial charge in [-0.3, -0.25) is 9.36 Å². The summed E-state index contributed by atoms with van der Waals surface area (Å²) in [6.45, 7) is 2.81. The Morgan fingerprint density at radius 2 is 2.29 bits per heavy atom. The monoisotopic (exact) mass is 233 g/mol. The van der Waals surface area contributed by atoms with E-state index in [1.807, 2.05) is 36.4 Å². The highest BCUT2D eigenvalue weighted by Crippen LogP contribution is 2.05. The fourth-order valence-electron chi connectivity index (χ4n) is 1.76. The Kier molecular flexibility index (Phi) is 3.58. The summed E-state index contributed by atoms with van der Waals surface area (Å²) in [6.07, 6.45) is 7.75. The van der Waals surface area contributed by atoms with Crippen LogP contribution in [0.5, 0.6) is 0 Å². The highest BCUT2D eigenvalue weighted by molar-refractivity contribution is 5.08. The molecule has 0 fully saturated rings. The Balaban J connectivity index is 1.98. The summed E-state index contributed by atoms with van der Waals surface area (Å²) in [5, 5.41) is 8.64. The molecular formula is C12H19N5. The molecule has 0 bridgehead atoms. The maximum absolute atomic E-state index is 5.92. The second-order valence-corrected chi connectivity index (χ2v) is 4.40. The lowest BCUT2D eigenvalue weighted by Gasteiger charge is -2.05. The van der Waals surface area contributed by atoms with Crippen LogP contribution >= 0.6 is 0 Å². The summed E-state index contributed by atoms with van der Waals surface area (Å²) in [5.41, 5.74) is 8.12. The number of rotatable bonds is 5. The van der Waals surface area contributed by atoms with Crippen molar-refractivity contribution in [3.8, 4) is 0 Å². The fraction of sp³-hybridized carbons (Fsp3) is 0.500. The third kappa shape index (κ3) is 3.17. The molecule has 2 aromatic rings. The van der Waals surface area contributed by atoms with Gasteiger partial charge in [0, 0.05) is 25.5 Å². The highest BCUT2D eigenvalue weighted by atomic mass is 15.3. The van der Waals surface area contributed by atoms with Crippen LogP contribution < -0.4 is 5.73 Å². The Morgan fingerprint density at radius 1 is 1.47 bits per heavy atom. The lowest BCUT2D eigenvalue weighted by Crippen LogP contribution is -2.21. The number of aryl methyl sites for hydroxylation is 1. The summed E-state index contributed by atoms with van der Waals surface area (Å²) >= 11 is 0. The molecule has 0 aliphatic carbocycles. The number of nitrogens with two attached hydrogens (primary N) is 1. The molecular weight excluding hydrogens is 214 g/mol. The van der Waals surface area contributed by atoms with Crippen molar-refractivity contribution >= 4 is 0 Å². The number of hydrogen-bond acceptors (Lipinski definition) is 3. The van der Waals surface area contributed by atoms with Crippen LogP contribution in [0, 0.1) is 0 Å². The van der Waals surface area contributed by atoms with Gasteiger partial charge in [0.05, 0.1) is 18.4 Å². The van der Waals surface area contributed by atoms with Crippen molar-refractivity contribution in [3.63, 3.8) is 0 Å². The Hall–Kier alpha value is -1.62. The van der Waals surface area contributed by atoms with Crippen molar-refractivity contribution in [1.82, 2.24) is 19.6 Å². The zero-order chi connectivity index (χ0) is 12.3. The van der Waals surface area contributed by atoms with E-state index in [4.69, 9.17) is 5.73 Å². The fourth-order valence-corrected chi connectivity index (χ4v) is 1.76. The zero-order valence-electron chi connectivity index (χ0n) is 10.4. The first-order valence-electron chi connectivity index (χ1n) is 5.93. The molecule has 1 unspecified atom stereocenters. The van der Waals surface area contributed by atoms with E-state index >= 15 is 0 Å². The van der Waals surface area contributed by atoms with E-state index in [-0.39, 0.29) is 6.04 Å². The molecule has 5 nitrogen and oxygen atoms in total. The smallest absolute Gasteiger partial charge is 0.0849 e. The van der Waals surface area contributed by atoms with Gasteiger partial charge in [-0.15, -0.1) is 0 Å². The van der Waals surface area contributed by atoms with Crippen molar-refractivity contribution in [2.75, 3.05) is 0 Å². The zero-order valence-corrected chi connectivity index (χ0v) is 10.4. The van der Waals surface area contributed by atoms with E-state index in [1.165, 1.54) is 5.56 Å². The van der Waals surface area contributed by atoms with Gasteiger partial charge in [0.15, 0.2) is 0 Å². The lowest BCUT2D eigenvalue weighted by molar-refractivity contribution is 0.638. The van der Waals surface area contributed by atoms with Gasteiger partial charge in [-0.25, -0.2) is 0 Å². The molecule has 0 saturated heterocycles. The second kappa shape index (κ2) is 5.14. The largest absolute Gasteiger partial charge is 0.327 e. The van der Waals surface area contributed by atoms with Gasteiger partial charge in [0.25, 0.3) is 0 Å². The minimum atomic E-state index is 0.225. The average Bonchev–Trinajstić information content (AvgIpc) is 2.89. The van der Waals surface area contributed by atoms with E-state index in [2.05, 4.69) is 17.1 Å². The third-order valence-electron chi connectivity index (χ3n) is 2.80. The molecule has 0 aliphatic heterocycles. The van der Waals surface area contributed by atoms with Gasteiger partial charge in [-0.1, -0.05) is 6.92 Å². The molecule has 92 valence electrons. The van der Waals surface area contributed by atoms with Crippen molar-refractivity contribution < 1.29 is 0 Å². The van der Waals surface area contributed by atoms with Crippen molar-refractivity contribution in [1.29, 1.82) is 0 Å². The first-order chi connectivity index (χ1) is 8.17. The van der Waals surface area contributed by atoms with E-state index in [1.54, 1.807) is 4.68 Å². The van der Waals surface area contributed by atoms with Crippen LogP contribution in [0.25, 0.3) is 0 Å². The molecule has 0 aliphatic rings. The van der Waals surface area contributed by atoms with Crippen molar-refractivity contribution in [2.24, 2.45) is 12.8 Å². The predicted octanol–water partition coefficient (Wildman–Crippen LogP) is 0.945. The molecule has 0 saturated carbocycles. The second-order valence-electron chi connectivity index (χ2n) is 4.40. The molecule has 0 amide bonds. The van der Waals surface area contributed by atoms with Gasteiger partial charge < -0.3 is 5.73 Å². The van der Waals surface area contributed by atoms with Gasteiger partial charge in [-0.2, -0.15) is 10.2 Å². The van der Waals surface area contributed by atoms with Gasteiger partial charge in [-0.05, 0) is 24.5 Å². The normalized spacial score (nSPS) is 12.9. The SMILES string of the molecule is CCC(N)Cc1cnn(Cc2ccn(C)n2)c1. The summed E-state index contributed by atoms with van der Waals surface area (Å²) in [4.78, 5) is 0. The molecule has 2 heterocycles. The summed E-state index contributed by atoms with van der Waals surface area (Å²) in [5.74, 6) is 0.